The molecule has 0 aliphatic heterocycles. The van der Waals surface area contributed by atoms with Crippen LogP contribution in [0.5, 0.6) is 0 Å². The van der Waals surface area contributed by atoms with Crippen molar-refractivity contribution in [2.45, 2.75) is 47.1 Å². The van der Waals surface area contributed by atoms with Gasteiger partial charge in [-0.15, -0.1) is 0 Å². The van der Waals surface area contributed by atoms with Gasteiger partial charge in [0.1, 0.15) is 0 Å². The summed E-state index contributed by atoms with van der Waals surface area (Å²) in [5, 5.41) is 0. The van der Waals surface area contributed by atoms with Crippen LogP contribution in [0.25, 0.3) is 0 Å². The Morgan fingerprint density at radius 2 is 1.77 bits per heavy atom. The molecule has 0 fully saturated rings. The highest BCUT2D eigenvalue weighted by atomic mass is 32.2. The predicted molar refractivity (Wildman–Crippen MR) is 56.1 cm³/mol. The first-order chi connectivity index (χ1) is 5.66. The lowest BCUT2D eigenvalue weighted by Crippen LogP contribution is -2.37. The van der Waals surface area contributed by atoms with Crippen LogP contribution in [-0.4, -0.2) is 20.2 Å². The molecule has 0 radical (unpaired) electrons. The first-order valence-corrected chi connectivity index (χ1v) is 6.31. The third kappa shape index (κ3) is 7.02. The molecule has 0 saturated heterocycles. The van der Waals surface area contributed by atoms with Gasteiger partial charge in [0.15, 0.2) is 0 Å². The Morgan fingerprint density at radius 3 is 2.08 bits per heavy atom. The highest BCUT2D eigenvalue weighted by molar-refractivity contribution is 7.89. The van der Waals surface area contributed by atoms with E-state index in [1.54, 1.807) is 0 Å². The van der Waals surface area contributed by atoms with E-state index in [1.807, 2.05) is 34.6 Å². The number of sulfonamides is 1. The second-order valence-corrected chi connectivity index (χ2v) is 6.50. The van der Waals surface area contributed by atoms with Crippen molar-refractivity contribution < 1.29 is 8.42 Å². The zero-order chi connectivity index (χ0) is 10.7. The molecule has 1 N–H and O–H groups in total. The van der Waals surface area contributed by atoms with Crippen LogP contribution in [-0.2, 0) is 10.0 Å². The van der Waals surface area contributed by atoms with Crippen molar-refractivity contribution in [1.82, 2.24) is 4.72 Å². The summed E-state index contributed by atoms with van der Waals surface area (Å²) >= 11 is 0. The molecule has 0 aromatic heterocycles. The Balaban J connectivity index is 4.27. The maximum Gasteiger partial charge on any atom is 0.212 e. The quantitative estimate of drug-likeness (QED) is 0.763. The molecule has 4 heteroatoms. The average molecular weight is 207 g/mol. The molecule has 0 saturated carbocycles. The molecule has 13 heavy (non-hydrogen) atoms. The SMILES string of the molecule is CCC(C)NS(=O)(=O)CC(C)(C)C. The van der Waals surface area contributed by atoms with Gasteiger partial charge in [-0.1, -0.05) is 27.7 Å². The average Bonchev–Trinajstić information content (AvgIpc) is 1.80. The molecule has 0 aliphatic rings. The normalized spacial score (nSPS) is 15.8. The highest BCUT2D eigenvalue weighted by Crippen LogP contribution is 2.15. The van der Waals surface area contributed by atoms with E-state index in [9.17, 15) is 8.42 Å². The fourth-order valence-corrected chi connectivity index (χ4v) is 3.00. The van der Waals surface area contributed by atoms with E-state index in [1.165, 1.54) is 0 Å². The first-order valence-electron chi connectivity index (χ1n) is 4.66. The molecule has 0 heterocycles. The minimum Gasteiger partial charge on any atom is -0.212 e. The molecule has 0 amide bonds. The standard InChI is InChI=1S/C9H21NO2S/c1-6-8(2)10-13(11,12)7-9(3,4)5/h8,10H,6-7H2,1-5H3. The minimum atomic E-state index is -3.10. The maximum absolute atomic E-state index is 11.5. The summed E-state index contributed by atoms with van der Waals surface area (Å²) in [6.07, 6.45) is 0.823. The fraction of sp³-hybridized carbons (Fsp3) is 1.00. The number of hydrogen-bond donors (Lipinski definition) is 1. The van der Waals surface area contributed by atoms with E-state index in [-0.39, 0.29) is 17.2 Å². The summed E-state index contributed by atoms with van der Waals surface area (Å²) in [6, 6.07) is 0.0346. The van der Waals surface area contributed by atoms with Gasteiger partial charge < -0.3 is 0 Å². The van der Waals surface area contributed by atoms with Gasteiger partial charge in [0, 0.05) is 6.04 Å². The fourth-order valence-electron chi connectivity index (χ4n) is 1.00. The first kappa shape index (κ1) is 12.9. The van der Waals surface area contributed by atoms with Gasteiger partial charge in [0.2, 0.25) is 10.0 Å². The van der Waals surface area contributed by atoms with Crippen LogP contribution in [0.4, 0.5) is 0 Å². The molecule has 80 valence electrons. The van der Waals surface area contributed by atoms with Crippen LogP contribution >= 0.6 is 0 Å². The van der Waals surface area contributed by atoms with Crippen LogP contribution in [0.15, 0.2) is 0 Å². The van der Waals surface area contributed by atoms with Crippen molar-refractivity contribution in [3.8, 4) is 0 Å². The molecule has 0 spiro atoms. The lowest BCUT2D eigenvalue weighted by molar-refractivity contribution is 0.454. The zero-order valence-electron chi connectivity index (χ0n) is 9.22. The summed E-state index contributed by atoms with van der Waals surface area (Å²) in [5.41, 5.74) is -0.181. The van der Waals surface area contributed by atoms with Gasteiger partial charge in [-0.25, -0.2) is 13.1 Å². The topological polar surface area (TPSA) is 46.2 Å². The third-order valence-electron chi connectivity index (χ3n) is 1.62. The Labute approximate surface area is 82.0 Å². The van der Waals surface area contributed by atoms with Gasteiger partial charge in [0.05, 0.1) is 5.75 Å². The van der Waals surface area contributed by atoms with Crippen LogP contribution in [0.1, 0.15) is 41.0 Å². The summed E-state index contributed by atoms with van der Waals surface area (Å²) in [7, 11) is -3.10. The summed E-state index contributed by atoms with van der Waals surface area (Å²) in [6.45, 7) is 9.60. The zero-order valence-corrected chi connectivity index (χ0v) is 10.0. The van der Waals surface area contributed by atoms with E-state index >= 15 is 0 Å². The van der Waals surface area contributed by atoms with Crippen molar-refractivity contribution in [2.24, 2.45) is 5.41 Å². The number of hydrogen-bond acceptors (Lipinski definition) is 2. The Bertz CT molecular complexity index is 239. The van der Waals surface area contributed by atoms with Crippen molar-refractivity contribution in [3.63, 3.8) is 0 Å². The molecule has 1 unspecified atom stereocenters. The largest absolute Gasteiger partial charge is 0.212 e. The van der Waals surface area contributed by atoms with Gasteiger partial charge in [-0.05, 0) is 18.8 Å². The summed E-state index contributed by atoms with van der Waals surface area (Å²) in [5.74, 6) is 0.185. The molecule has 0 aromatic carbocycles. The Hall–Kier alpha value is -0.0900. The number of rotatable bonds is 4. The van der Waals surface area contributed by atoms with E-state index in [0.717, 1.165) is 6.42 Å². The molecular formula is C9H21NO2S. The Kier molecular flexibility index (Phi) is 4.39. The van der Waals surface area contributed by atoms with Gasteiger partial charge >= 0.3 is 0 Å². The maximum atomic E-state index is 11.5. The minimum absolute atomic E-state index is 0.0346. The van der Waals surface area contributed by atoms with Gasteiger partial charge in [-0.3, -0.25) is 0 Å². The lowest BCUT2D eigenvalue weighted by Gasteiger charge is -2.20. The third-order valence-corrected chi connectivity index (χ3v) is 3.62. The molecule has 0 rings (SSSR count). The number of nitrogens with one attached hydrogen (secondary N) is 1. The molecule has 0 aromatic rings. The van der Waals surface area contributed by atoms with Crippen LogP contribution in [0.3, 0.4) is 0 Å². The molecule has 0 bridgehead atoms. The van der Waals surface area contributed by atoms with Crippen LogP contribution < -0.4 is 4.72 Å². The molecule has 0 aliphatic carbocycles. The smallest absolute Gasteiger partial charge is 0.212 e. The second-order valence-electron chi connectivity index (χ2n) is 4.75. The highest BCUT2D eigenvalue weighted by Gasteiger charge is 2.22. The summed E-state index contributed by atoms with van der Waals surface area (Å²) in [4.78, 5) is 0. The van der Waals surface area contributed by atoms with E-state index < -0.39 is 10.0 Å². The van der Waals surface area contributed by atoms with Crippen molar-refractivity contribution in [2.75, 3.05) is 5.75 Å². The van der Waals surface area contributed by atoms with Crippen molar-refractivity contribution >= 4 is 10.0 Å². The van der Waals surface area contributed by atoms with Crippen molar-refractivity contribution in [3.05, 3.63) is 0 Å². The van der Waals surface area contributed by atoms with Crippen LogP contribution in [0, 0.1) is 5.41 Å². The lowest BCUT2D eigenvalue weighted by atomic mass is 10.0. The van der Waals surface area contributed by atoms with Gasteiger partial charge in [-0.2, -0.15) is 0 Å². The van der Waals surface area contributed by atoms with Crippen LogP contribution in [0.2, 0.25) is 0 Å². The summed E-state index contributed by atoms with van der Waals surface area (Å²) < 4.78 is 25.6. The molecule has 3 nitrogen and oxygen atoms in total. The Morgan fingerprint density at radius 1 is 1.31 bits per heavy atom. The van der Waals surface area contributed by atoms with Crippen molar-refractivity contribution in [1.29, 1.82) is 0 Å². The predicted octanol–water partition coefficient (Wildman–Crippen LogP) is 1.75. The monoisotopic (exact) mass is 207 g/mol. The second kappa shape index (κ2) is 4.42. The van der Waals surface area contributed by atoms with E-state index in [4.69, 9.17) is 0 Å². The molecular weight excluding hydrogens is 186 g/mol. The van der Waals surface area contributed by atoms with E-state index in [2.05, 4.69) is 4.72 Å². The van der Waals surface area contributed by atoms with E-state index in [0.29, 0.717) is 0 Å². The molecule has 1 atom stereocenters. The van der Waals surface area contributed by atoms with Gasteiger partial charge in [0.25, 0.3) is 0 Å².